The highest BCUT2D eigenvalue weighted by molar-refractivity contribution is 7.89. The number of halogens is 2. The zero-order chi connectivity index (χ0) is 20.2. The maximum Gasteiger partial charge on any atom is 0.338 e. The van der Waals surface area contributed by atoms with Crippen molar-refractivity contribution < 1.29 is 22.7 Å². The molecule has 0 heterocycles. The molecule has 144 valence electrons. The molecule has 0 aliphatic heterocycles. The smallest absolute Gasteiger partial charge is 0.338 e. The van der Waals surface area contributed by atoms with Crippen LogP contribution in [0.2, 0.25) is 10.0 Å². The first-order chi connectivity index (χ1) is 12.6. The summed E-state index contributed by atoms with van der Waals surface area (Å²) >= 11 is 11.8. The summed E-state index contributed by atoms with van der Waals surface area (Å²) in [6.07, 6.45) is -1.16. The highest BCUT2D eigenvalue weighted by Crippen LogP contribution is 2.25. The Morgan fingerprint density at radius 2 is 1.81 bits per heavy atom. The molecule has 27 heavy (non-hydrogen) atoms. The number of amides is 1. The van der Waals surface area contributed by atoms with Crippen molar-refractivity contribution in [1.29, 1.82) is 0 Å². The van der Waals surface area contributed by atoms with Gasteiger partial charge in [0, 0.05) is 5.02 Å². The lowest BCUT2D eigenvalue weighted by molar-refractivity contribution is -0.123. The monoisotopic (exact) mass is 430 g/mol. The van der Waals surface area contributed by atoms with Crippen LogP contribution in [0.15, 0.2) is 47.4 Å². The lowest BCUT2D eigenvalue weighted by Crippen LogP contribution is -2.30. The number of esters is 1. The minimum absolute atomic E-state index is 0.00763. The van der Waals surface area contributed by atoms with Crippen molar-refractivity contribution in [3.63, 3.8) is 0 Å². The van der Waals surface area contributed by atoms with Crippen LogP contribution in [0.4, 0.5) is 5.69 Å². The molecule has 2 N–H and O–H groups in total. The molecule has 1 amide bonds. The summed E-state index contributed by atoms with van der Waals surface area (Å²) in [7, 11) is -2.46. The average Bonchev–Trinajstić information content (AvgIpc) is 2.64. The van der Waals surface area contributed by atoms with Gasteiger partial charge in [0.15, 0.2) is 6.10 Å². The van der Waals surface area contributed by atoms with E-state index in [1.54, 1.807) is 6.07 Å². The summed E-state index contributed by atoms with van der Waals surface area (Å²) in [5, 5.41) is 3.17. The molecule has 0 radical (unpaired) electrons. The maximum absolute atomic E-state index is 12.2. The molecule has 0 aliphatic rings. The highest BCUT2D eigenvalue weighted by atomic mass is 35.5. The van der Waals surface area contributed by atoms with E-state index in [1.807, 2.05) is 0 Å². The summed E-state index contributed by atoms with van der Waals surface area (Å²) in [6.45, 7) is 1.37. The van der Waals surface area contributed by atoms with Crippen LogP contribution in [0.25, 0.3) is 0 Å². The molecule has 0 aliphatic carbocycles. The number of hydrogen-bond acceptors (Lipinski definition) is 5. The van der Waals surface area contributed by atoms with Gasteiger partial charge in [0.05, 0.1) is 21.2 Å². The first kappa shape index (κ1) is 21.2. The molecular formula is C17H16Cl2N2O5S. The molecule has 10 heteroatoms. The summed E-state index contributed by atoms with van der Waals surface area (Å²) < 4.78 is 30.9. The van der Waals surface area contributed by atoms with Gasteiger partial charge in [-0.05, 0) is 50.4 Å². The fourth-order valence-corrected chi connectivity index (χ4v) is 3.13. The zero-order valence-corrected chi connectivity index (χ0v) is 16.7. The fraction of sp³-hybridized carbons (Fsp3) is 0.176. The van der Waals surface area contributed by atoms with Crippen molar-refractivity contribution in [3.8, 4) is 0 Å². The van der Waals surface area contributed by atoms with Crippen molar-refractivity contribution in [2.75, 3.05) is 12.4 Å². The number of carbonyl (C=O) groups excluding carboxylic acids is 2. The number of ether oxygens (including phenoxy) is 1. The van der Waals surface area contributed by atoms with Gasteiger partial charge < -0.3 is 10.1 Å². The number of rotatable bonds is 6. The lowest BCUT2D eigenvalue weighted by atomic mass is 10.2. The minimum atomic E-state index is -3.71. The number of benzene rings is 2. The van der Waals surface area contributed by atoms with Crippen molar-refractivity contribution >= 4 is 50.8 Å². The predicted molar refractivity (Wildman–Crippen MR) is 103 cm³/mol. The molecular weight excluding hydrogens is 415 g/mol. The Labute approximate surface area is 166 Å². The van der Waals surface area contributed by atoms with Gasteiger partial charge in [-0.1, -0.05) is 29.3 Å². The van der Waals surface area contributed by atoms with Crippen LogP contribution >= 0.6 is 23.2 Å². The number of nitrogens with one attached hydrogen (secondary N) is 2. The Hall–Kier alpha value is -2.13. The second-order valence-electron chi connectivity index (χ2n) is 5.40. The van der Waals surface area contributed by atoms with E-state index in [2.05, 4.69) is 10.0 Å². The molecule has 0 fully saturated rings. The van der Waals surface area contributed by atoms with Gasteiger partial charge in [-0.25, -0.2) is 17.9 Å². The van der Waals surface area contributed by atoms with E-state index in [1.165, 1.54) is 44.3 Å². The van der Waals surface area contributed by atoms with Crippen molar-refractivity contribution in [3.05, 3.63) is 58.1 Å². The number of anilines is 1. The van der Waals surface area contributed by atoms with Gasteiger partial charge in [-0.3, -0.25) is 4.79 Å². The third kappa shape index (κ3) is 5.43. The third-order valence-corrected chi connectivity index (χ3v) is 5.46. The van der Waals surface area contributed by atoms with E-state index in [0.717, 1.165) is 6.07 Å². The van der Waals surface area contributed by atoms with Crippen molar-refractivity contribution in [1.82, 2.24) is 4.72 Å². The van der Waals surface area contributed by atoms with E-state index < -0.39 is 28.0 Å². The van der Waals surface area contributed by atoms with E-state index in [0.29, 0.717) is 5.02 Å². The van der Waals surface area contributed by atoms with Crippen molar-refractivity contribution in [2.24, 2.45) is 0 Å². The summed E-state index contributed by atoms with van der Waals surface area (Å²) in [4.78, 5) is 24.4. The SMILES string of the molecule is CNS(=O)(=O)c1cccc(C(=O)O[C@@H](C)C(=O)Nc2cc(Cl)ccc2Cl)c1. The van der Waals surface area contributed by atoms with Gasteiger partial charge in [-0.2, -0.15) is 0 Å². The molecule has 2 rings (SSSR count). The Kier molecular flexibility index (Phi) is 6.83. The summed E-state index contributed by atoms with van der Waals surface area (Å²) in [6, 6.07) is 9.82. The maximum atomic E-state index is 12.2. The largest absolute Gasteiger partial charge is 0.449 e. The first-order valence-corrected chi connectivity index (χ1v) is 9.88. The highest BCUT2D eigenvalue weighted by Gasteiger charge is 2.21. The van der Waals surface area contributed by atoms with E-state index in [9.17, 15) is 18.0 Å². The molecule has 1 atom stereocenters. The average molecular weight is 431 g/mol. The molecule has 7 nitrogen and oxygen atoms in total. The first-order valence-electron chi connectivity index (χ1n) is 7.64. The van der Waals surface area contributed by atoms with Crippen LogP contribution in [0.5, 0.6) is 0 Å². The fourth-order valence-electron chi connectivity index (χ4n) is 2.02. The van der Waals surface area contributed by atoms with E-state index >= 15 is 0 Å². The van der Waals surface area contributed by atoms with Crippen LogP contribution in [-0.2, 0) is 19.6 Å². The topological polar surface area (TPSA) is 102 Å². The normalized spacial score (nSPS) is 12.3. The number of carbonyl (C=O) groups is 2. The zero-order valence-electron chi connectivity index (χ0n) is 14.3. The Morgan fingerprint density at radius 3 is 2.48 bits per heavy atom. The summed E-state index contributed by atoms with van der Waals surface area (Å²) in [5.74, 6) is -1.46. The predicted octanol–water partition coefficient (Wildman–Crippen LogP) is 3.09. The van der Waals surface area contributed by atoms with Gasteiger partial charge in [0.25, 0.3) is 5.91 Å². The Morgan fingerprint density at radius 1 is 1.11 bits per heavy atom. The minimum Gasteiger partial charge on any atom is -0.449 e. The van der Waals surface area contributed by atoms with Crippen LogP contribution in [0.1, 0.15) is 17.3 Å². The molecule has 0 unspecified atom stereocenters. The standard InChI is InChI=1S/C17H16Cl2N2O5S/c1-10(16(22)21-15-9-12(18)6-7-14(15)19)26-17(23)11-4-3-5-13(8-11)27(24,25)20-2/h3-10,20H,1-2H3,(H,21,22)/t10-/m0/s1. The molecule has 0 spiro atoms. The molecule has 0 saturated heterocycles. The number of sulfonamides is 1. The van der Waals surface area contributed by atoms with E-state index in [4.69, 9.17) is 27.9 Å². The van der Waals surface area contributed by atoms with Crippen LogP contribution in [0.3, 0.4) is 0 Å². The Bertz CT molecular complexity index is 979. The molecule has 0 bridgehead atoms. The molecule has 2 aromatic carbocycles. The van der Waals surface area contributed by atoms with Gasteiger partial charge in [0.1, 0.15) is 0 Å². The van der Waals surface area contributed by atoms with Crippen LogP contribution < -0.4 is 10.0 Å². The second kappa shape index (κ2) is 8.71. The van der Waals surface area contributed by atoms with Gasteiger partial charge in [0.2, 0.25) is 10.0 Å². The lowest BCUT2D eigenvalue weighted by Gasteiger charge is -2.14. The summed E-state index contributed by atoms with van der Waals surface area (Å²) in [5.41, 5.74) is 0.269. The molecule has 0 saturated carbocycles. The molecule has 2 aromatic rings. The second-order valence-corrected chi connectivity index (χ2v) is 8.13. The number of hydrogen-bond donors (Lipinski definition) is 2. The van der Waals surface area contributed by atoms with Crippen molar-refractivity contribution in [2.45, 2.75) is 17.9 Å². The van der Waals surface area contributed by atoms with E-state index in [-0.39, 0.29) is 21.2 Å². The van der Waals surface area contributed by atoms with Gasteiger partial charge >= 0.3 is 5.97 Å². The van der Waals surface area contributed by atoms with Crippen LogP contribution in [-0.4, -0.2) is 33.4 Å². The quantitative estimate of drug-likeness (QED) is 0.685. The third-order valence-electron chi connectivity index (χ3n) is 3.49. The molecule has 0 aromatic heterocycles. The van der Waals surface area contributed by atoms with Gasteiger partial charge in [-0.15, -0.1) is 0 Å². The Balaban J connectivity index is 2.10. The van der Waals surface area contributed by atoms with Crippen LogP contribution in [0, 0.1) is 0 Å².